The van der Waals surface area contributed by atoms with Crippen LogP contribution in [-0.2, 0) is 0 Å². The van der Waals surface area contributed by atoms with Crippen LogP contribution in [0, 0.1) is 17.1 Å². The molecule has 2 aromatic rings. The Morgan fingerprint density at radius 2 is 2.15 bits per heavy atom. The first-order valence-corrected chi connectivity index (χ1v) is 5.75. The summed E-state index contributed by atoms with van der Waals surface area (Å²) in [6.07, 6.45) is 0. The molecule has 0 fully saturated rings. The molecule has 100 valence electrons. The number of nitrogens with zero attached hydrogens (tertiary/aromatic N) is 2. The van der Waals surface area contributed by atoms with Gasteiger partial charge in [0.05, 0.1) is 11.3 Å². The predicted octanol–water partition coefficient (Wildman–Crippen LogP) is 3.19. The Labute approximate surface area is 118 Å². The number of anilines is 2. The minimum absolute atomic E-state index is 0.0203. The summed E-state index contributed by atoms with van der Waals surface area (Å²) >= 11 is 5.72. The van der Waals surface area contributed by atoms with Gasteiger partial charge in [0, 0.05) is 0 Å². The van der Waals surface area contributed by atoms with E-state index in [9.17, 15) is 9.18 Å². The third kappa shape index (κ3) is 2.84. The summed E-state index contributed by atoms with van der Waals surface area (Å²) in [6, 6.07) is 7.94. The number of halogens is 2. The van der Waals surface area contributed by atoms with Gasteiger partial charge in [-0.05, 0) is 30.3 Å². The standard InChI is InChI=1S/C13H7ClFN3O2/c14-11-4-2-9(13(19)20)12(18-11)17-10-3-1-8(15)5-7(10)6-16/h1-5H,(H,17,18)(H,19,20). The zero-order valence-corrected chi connectivity index (χ0v) is 10.6. The van der Waals surface area contributed by atoms with E-state index >= 15 is 0 Å². The van der Waals surface area contributed by atoms with Crippen LogP contribution in [0.15, 0.2) is 30.3 Å². The average molecular weight is 292 g/mol. The Balaban J connectivity index is 2.47. The summed E-state index contributed by atoms with van der Waals surface area (Å²) in [5.41, 5.74) is 0.164. The summed E-state index contributed by atoms with van der Waals surface area (Å²) in [5.74, 6) is -1.78. The molecule has 0 saturated heterocycles. The monoisotopic (exact) mass is 291 g/mol. The first-order valence-electron chi connectivity index (χ1n) is 5.38. The van der Waals surface area contributed by atoms with Gasteiger partial charge in [-0.1, -0.05) is 11.6 Å². The maximum absolute atomic E-state index is 13.0. The number of hydrogen-bond donors (Lipinski definition) is 2. The molecular formula is C13H7ClFN3O2. The van der Waals surface area contributed by atoms with E-state index in [1.807, 2.05) is 6.07 Å². The Bertz CT molecular complexity index is 728. The lowest BCUT2D eigenvalue weighted by Crippen LogP contribution is -2.06. The molecule has 0 aliphatic heterocycles. The highest BCUT2D eigenvalue weighted by Crippen LogP contribution is 2.24. The van der Waals surface area contributed by atoms with E-state index in [0.29, 0.717) is 0 Å². The zero-order chi connectivity index (χ0) is 14.7. The van der Waals surface area contributed by atoms with E-state index in [1.165, 1.54) is 18.2 Å². The molecule has 20 heavy (non-hydrogen) atoms. The normalized spacial score (nSPS) is 9.85. The van der Waals surface area contributed by atoms with E-state index in [4.69, 9.17) is 22.0 Å². The largest absolute Gasteiger partial charge is 0.478 e. The number of pyridine rings is 1. The van der Waals surface area contributed by atoms with Crippen molar-refractivity contribution in [1.82, 2.24) is 4.98 Å². The van der Waals surface area contributed by atoms with Crippen molar-refractivity contribution in [1.29, 1.82) is 5.26 Å². The van der Waals surface area contributed by atoms with Gasteiger partial charge >= 0.3 is 5.97 Å². The number of hydrogen-bond acceptors (Lipinski definition) is 4. The van der Waals surface area contributed by atoms with Gasteiger partial charge in [0.2, 0.25) is 0 Å². The van der Waals surface area contributed by atoms with Crippen LogP contribution in [-0.4, -0.2) is 16.1 Å². The van der Waals surface area contributed by atoms with Gasteiger partial charge in [-0.3, -0.25) is 0 Å². The Hall–Kier alpha value is -2.65. The molecule has 0 aliphatic carbocycles. The summed E-state index contributed by atoms with van der Waals surface area (Å²) in [6.45, 7) is 0. The van der Waals surface area contributed by atoms with Crippen molar-refractivity contribution >= 4 is 29.1 Å². The minimum atomic E-state index is -1.20. The fraction of sp³-hybridized carbons (Fsp3) is 0. The molecule has 0 aliphatic rings. The predicted molar refractivity (Wildman–Crippen MR) is 70.6 cm³/mol. The second-order valence-electron chi connectivity index (χ2n) is 3.76. The van der Waals surface area contributed by atoms with Crippen LogP contribution in [0.2, 0.25) is 5.15 Å². The van der Waals surface area contributed by atoms with Crippen molar-refractivity contribution in [3.8, 4) is 6.07 Å². The van der Waals surface area contributed by atoms with Gasteiger partial charge < -0.3 is 10.4 Å². The van der Waals surface area contributed by atoms with E-state index in [2.05, 4.69) is 10.3 Å². The molecule has 1 aromatic heterocycles. The summed E-state index contributed by atoms with van der Waals surface area (Å²) in [7, 11) is 0. The minimum Gasteiger partial charge on any atom is -0.478 e. The van der Waals surface area contributed by atoms with Crippen molar-refractivity contribution in [2.75, 3.05) is 5.32 Å². The molecule has 0 spiro atoms. The van der Waals surface area contributed by atoms with Gasteiger partial charge in [-0.2, -0.15) is 5.26 Å². The molecule has 0 bridgehead atoms. The van der Waals surface area contributed by atoms with Gasteiger partial charge in [-0.25, -0.2) is 14.2 Å². The highest BCUT2D eigenvalue weighted by Gasteiger charge is 2.14. The molecule has 2 rings (SSSR count). The molecule has 0 atom stereocenters. The Morgan fingerprint density at radius 3 is 2.80 bits per heavy atom. The van der Waals surface area contributed by atoms with Crippen LogP contribution < -0.4 is 5.32 Å². The lowest BCUT2D eigenvalue weighted by Gasteiger charge is -2.10. The second-order valence-corrected chi connectivity index (χ2v) is 4.15. The van der Waals surface area contributed by atoms with Crippen LogP contribution in [0.5, 0.6) is 0 Å². The number of aromatic carboxylic acids is 1. The highest BCUT2D eigenvalue weighted by molar-refractivity contribution is 6.29. The lowest BCUT2D eigenvalue weighted by atomic mass is 10.1. The molecule has 1 heterocycles. The van der Waals surface area contributed by atoms with Gasteiger partial charge in [0.1, 0.15) is 28.4 Å². The number of carbonyl (C=O) groups is 1. The molecule has 1 aromatic carbocycles. The van der Waals surface area contributed by atoms with Crippen molar-refractivity contribution in [3.05, 3.63) is 52.4 Å². The average Bonchev–Trinajstić information content (AvgIpc) is 2.40. The maximum Gasteiger partial charge on any atom is 0.339 e. The number of nitrogens with one attached hydrogen (secondary N) is 1. The van der Waals surface area contributed by atoms with E-state index < -0.39 is 11.8 Å². The molecular weight excluding hydrogens is 285 g/mol. The van der Waals surface area contributed by atoms with Crippen molar-refractivity contribution in [2.24, 2.45) is 0 Å². The number of rotatable bonds is 3. The number of aromatic nitrogens is 1. The molecule has 7 heteroatoms. The van der Waals surface area contributed by atoms with Crippen molar-refractivity contribution < 1.29 is 14.3 Å². The van der Waals surface area contributed by atoms with Crippen LogP contribution in [0.4, 0.5) is 15.9 Å². The summed E-state index contributed by atoms with van der Waals surface area (Å²) in [4.78, 5) is 14.9. The fourth-order valence-electron chi connectivity index (χ4n) is 1.55. The Kier molecular flexibility index (Phi) is 3.82. The Morgan fingerprint density at radius 1 is 1.40 bits per heavy atom. The van der Waals surface area contributed by atoms with Gasteiger partial charge in [-0.15, -0.1) is 0 Å². The maximum atomic E-state index is 13.0. The molecule has 0 saturated carbocycles. The molecule has 0 amide bonds. The zero-order valence-electron chi connectivity index (χ0n) is 9.89. The molecule has 2 N–H and O–H groups in total. The third-order valence-electron chi connectivity index (χ3n) is 2.45. The van der Waals surface area contributed by atoms with Gasteiger partial charge in [0.25, 0.3) is 0 Å². The topological polar surface area (TPSA) is 86.0 Å². The number of carboxylic acids is 1. The second kappa shape index (κ2) is 5.55. The van der Waals surface area contributed by atoms with Crippen LogP contribution in [0.25, 0.3) is 0 Å². The summed E-state index contributed by atoms with van der Waals surface area (Å²) in [5, 5.41) is 20.8. The highest BCUT2D eigenvalue weighted by atomic mass is 35.5. The SMILES string of the molecule is N#Cc1cc(F)ccc1Nc1nc(Cl)ccc1C(=O)O. The van der Waals surface area contributed by atoms with E-state index in [-0.39, 0.29) is 27.8 Å². The van der Waals surface area contributed by atoms with E-state index in [1.54, 1.807) is 0 Å². The molecule has 0 radical (unpaired) electrons. The molecule has 5 nitrogen and oxygen atoms in total. The summed E-state index contributed by atoms with van der Waals surface area (Å²) < 4.78 is 13.0. The first kappa shape index (κ1) is 13.8. The van der Waals surface area contributed by atoms with Crippen LogP contribution in [0.1, 0.15) is 15.9 Å². The fourth-order valence-corrected chi connectivity index (χ4v) is 1.70. The van der Waals surface area contributed by atoms with Gasteiger partial charge in [0.15, 0.2) is 0 Å². The van der Waals surface area contributed by atoms with Crippen LogP contribution >= 0.6 is 11.6 Å². The van der Waals surface area contributed by atoms with Crippen LogP contribution in [0.3, 0.4) is 0 Å². The smallest absolute Gasteiger partial charge is 0.339 e. The quantitative estimate of drug-likeness (QED) is 0.848. The number of nitriles is 1. The first-order chi connectivity index (χ1) is 9.51. The van der Waals surface area contributed by atoms with Crippen molar-refractivity contribution in [2.45, 2.75) is 0 Å². The van der Waals surface area contributed by atoms with E-state index in [0.717, 1.165) is 12.1 Å². The number of carboxylic acid groups (broad SMARTS) is 1. The van der Waals surface area contributed by atoms with Crippen molar-refractivity contribution in [3.63, 3.8) is 0 Å². The lowest BCUT2D eigenvalue weighted by molar-refractivity contribution is 0.0697. The number of benzene rings is 1. The molecule has 0 unspecified atom stereocenters. The third-order valence-corrected chi connectivity index (χ3v) is 2.66.